The quantitative estimate of drug-likeness (QED) is 0.410. The topological polar surface area (TPSA) is 9.23 Å². The van der Waals surface area contributed by atoms with E-state index < -0.39 is 0 Å². The van der Waals surface area contributed by atoms with Crippen molar-refractivity contribution in [3.8, 4) is 0 Å². The zero-order chi connectivity index (χ0) is 12.1. The van der Waals surface area contributed by atoms with Crippen LogP contribution in [0.1, 0.15) is 84.5 Å². The Labute approximate surface area is 103 Å². The molecular weight excluding hydrogens is 196 g/mol. The molecular formula is C15H32O. The van der Waals surface area contributed by atoms with Gasteiger partial charge in [-0.1, -0.05) is 71.6 Å². The van der Waals surface area contributed by atoms with Crippen LogP contribution in [0.4, 0.5) is 0 Å². The number of hydrogen-bond donors (Lipinski definition) is 0. The van der Waals surface area contributed by atoms with Gasteiger partial charge in [-0.05, 0) is 12.8 Å². The summed E-state index contributed by atoms with van der Waals surface area (Å²) in [4.78, 5) is 0. The fourth-order valence-corrected chi connectivity index (χ4v) is 2.15. The first-order valence-corrected chi connectivity index (χ1v) is 7.37. The van der Waals surface area contributed by atoms with Gasteiger partial charge in [-0.2, -0.15) is 0 Å². The van der Waals surface area contributed by atoms with Gasteiger partial charge in [-0.3, -0.25) is 0 Å². The number of methoxy groups -OCH3 is 1. The van der Waals surface area contributed by atoms with Crippen LogP contribution in [0, 0.1) is 0 Å². The third-order valence-corrected chi connectivity index (χ3v) is 3.34. The van der Waals surface area contributed by atoms with Gasteiger partial charge in [0, 0.05) is 7.11 Å². The molecule has 0 spiro atoms. The summed E-state index contributed by atoms with van der Waals surface area (Å²) in [6.45, 7) is 4.53. The van der Waals surface area contributed by atoms with Crippen molar-refractivity contribution in [3.05, 3.63) is 0 Å². The van der Waals surface area contributed by atoms with Gasteiger partial charge in [0.15, 0.2) is 0 Å². The van der Waals surface area contributed by atoms with Crippen LogP contribution in [-0.2, 0) is 4.74 Å². The fourth-order valence-electron chi connectivity index (χ4n) is 2.15. The van der Waals surface area contributed by atoms with Crippen LogP contribution < -0.4 is 0 Å². The lowest BCUT2D eigenvalue weighted by atomic mass is 10.0. The highest BCUT2D eigenvalue weighted by Gasteiger charge is 2.05. The molecule has 0 aliphatic rings. The van der Waals surface area contributed by atoms with Crippen molar-refractivity contribution in [1.82, 2.24) is 0 Å². The summed E-state index contributed by atoms with van der Waals surface area (Å²) in [5.74, 6) is 0. The minimum absolute atomic E-state index is 0.526. The van der Waals surface area contributed by atoms with E-state index in [2.05, 4.69) is 13.8 Å². The summed E-state index contributed by atoms with van der Waals surface area (Å²) in [7, 11) is 1.87. The van der Waals surface area contributed by atoms with Crippen molar-refractivity contribution in [1.29, 1.82) is 0 Å². The van der Waals surface area contributed by atoms with Gasteiger partial charge in [-0.15, -0.1) is 0 Å². The van der Waals surface area contributed by atoms with Crippen molar-refractivity contribution in [2.45, 2.75) is 90.6 Å². The number of hydrogen-bond acceptors (Lipinski definition) is 1. The Bertz CT molecular complexity index is 123. The van der Waals surface area contributed by atoms with Crippen molar-refractivity contribution in [2.24, 2.45) is 0 Å². The van der Waals surface area contributed by atoms with Crippen molar-refractivity contribution < 1.29 is 4.74 Å². The predicted molar refractivity (Wildman–Crippen MR) is 72.9 cm³/mol. The van der Waals surface area contributed by atoms with E-state index in [0.717, 1.165) is 0 Å². The van der Waals surface area contributed by atoms with Crippen LogP contribution in [0.2, 0.25) is 0 Å². The van der Waals surface area contributed by atoms with Crippen LogP contribution in [0.3, 0.4) is 0 Å². The molecule has 1 unspecified atom stereocenters. The average molecular weight is 228 g/mol. The van der Waals surface area contributed by atoms with E-state index in [1.165, 1.54) is 70.6 Å². The Balaban J connectivity index is 3.26. The molecule has 0 aromatic rings. The monoisotopic (exact) mass is 228 g/mol. The fraction of sp³-hybridized carbons (Fsp3) is 1.00. The van der Waals surface area contributed by atoms with Crippen LogP contribution in [-0.4, -0.2) is 13.2 Å². The van der Waals surface area contributed by atoms with Gasteiger partial charge in [0.2, 0.25) is 0 Å². The number of rotatable bonds is 12. The molecule has 16 heavy (non-hydrogen) atoms. The van der Waals surface area contributed by atoms with E-state index >= 15 is 0 Å². The van der Waals surface area contributed by atoms with Gasteiger partial charge in [-0.25, -0.2) is 0 Å². The van der Waals surface area contributed by atoms with Crippen LogP contribution in [0.5, 0.6) is 0 Å². The third kappa shape index (κ3) is 10.5. The second-order valence-electron chi connectivity index (χ2n) is 4.91. The molecule has 0 saturated carbocycles. The molecule has 0 amide bonds. The lowest BCUT2D eigenvalue weighted by molar-refractivity contribution is 0.0833. The van der Waals surface area contributed by atoms with E-state index in [4.69, 9.17) is 4.74 Å². The predicted octanol–water partition coefficient (Wildman–Crippen LogP) is 5.33. The van der Waals surface area contributed by atoms with Gasteiger partial charge < -0.3 is 4.74 Å². The molecule has 0 N–H and O–H groups in total. The highest BCUT2D eigenvalue weighted by Crippen LogP contribution is 2.14. The molecule has 0 bridgehead atoms. The summed E-state index contributed by atoms with van der Waals surface area (Å²) in [5.41, 5.74) is 0. The zero-order valence-electron chi connectivity index (χ0n) is 11.8. The molecule has 0 saturated heterocycles. The first kappa shape index (κ1) is 16.0. The SMILES string of the molecule is CCCCCCCCC(CCCCC)OC. The maximum atomic E-state index is 5.52. The largest absolute Gasteiger partial charge is 0.381 e. The summed E-state index contributed by atoms with van der Waals surface area (Å²) >= 11 is 0. The summed E-state index contributed by atoms with van der Waals surface area (Å²) in [5, 5.41) is 0. The molecule has 0 aliphatic heterocycles. The number of unbranched alkanes of at least 4 members (excludes halogenated alkanes) is 7. The van der Waals surface area contributed by atoms with E-state index in [1.807, 2.05) is 7.11 Å². The third-order valence-electron chi connectivity index (χ3n) is 3.34. The van der Waals surface area contributed by atoms with Crippen LogP contribution in [0.15, 0.2) is 0 Å². The smallest absolute Gasteiger partial charge is 0.0571 e. The molecule has 1 atom stereocenters. The van der Waals surface area contributed by atoms with Crippen molar-refractivity contribution >= 4 is 0 Å². The minimum atomic E-state index is 0.526. The van der Waals surface area contributed by atoms with Gasteiger partial charge in [0.1, 0.15) is 0 Å². The Morgan fingerprint density at radius 2 is 1.12 bits per heavy atom. The molecule has 0 rings (SSSR count). The molecule has 0 aromatic carbocycles. The second-order valence-corrected chi connectivity index (χ2v) is 4.91. The highest BCUT2D eigenvalue weighted by molar-refractivity contribution is 4.58. The molecule has 1 nitrogen and oxygen atoms in total. The van der Waals surface area contributed by atoms with Gasteiger partial charge >= 0.3 is 0 Å². The molecule has 1 heteroatoms. The zero-order valence-corrected chi connectivity index (χ0v) is 11.8. The highest BCUT2D eigenvalue weighted by atomic mass is 16.5. The maximum absolute atomic E-state index is 5.52. The Morgan fingerprint density at radius 1 is 0.688 bits per heavy atom. The van der Waals surface area contributed by atoms with Crippen molar-refractivity contribution in [3.63, 3.8) is 0 Å². The molecule has 0 heterocycles. The Kier molecular flexibility index (Phi) is 13.0. The summed E-state index contributed by atoms with van der Waals surface area (Å²) < 4.78 is 5.52. The van der Waals surface area contributed by atoms with Crippen LogP contribution >= 0.6 is 0 Å². The lowest BCUT2D eigenvalue weighted by Gasteiger charge is -2.14. The Morgan fingerprint density at radius 3 is 1.69 bits per heavy atom. The first-order valence-electron chi connectivity index (χ1n) is 7.37. The molecule has 98 valence electrons. The van der Waals surface area contributed by atoms with E-state index in [0.29, 0.717) is 6.10 Å². The molecule has 0 radical (unpaired) electrons. The average Bonchev–Trinajstić information content (AvgIpc) is 2.31. The standard InChI is InChI=1S/C15H32O/c1-4-6-8-9-10-12-14-15(16-3)13-11-7-5-2/h15H,4-14H2,1-3H3. The van der Waals surface area contributed by atoms with Gasteiger partial charge in [0.25, 0.3) is 0 Å². The number of ether oxygens (including phenoxy) is 1. The van der Waals surface area contributed by atoms with Gasteiger partial charge in [0.05, 0.1) is 6.10 Å². The van der Waals surface area contributed by atoms with E-state index in [1.54, 1.807) is 0 Å². The minimum Gasteiger partial charge on any atom is -0.381 e. The normalized spacial score (nSPS) is 12.9. The molecule has 0 aliphatic carbocycles. The molecule has 0 aromatic heterocycles. The summed E-state index contributed by atoms with van der Waals surface area (Å²) in [6.07, 6.45) is 15.4. The maximum Gasteiger partial charge on any atom is 0.0571 e. The van der Waals surface area contributed by atoms with Crippen LogP contribution in [0.25, 0.3) is 0 Å². The molecule has 0 fully saturated rings. The van der Waals surface area contributed by atoms with Crippen molar-refractivity contribution in [2.75, 3.05) is 7.11 Å². The Hall–Kier alpha value is -0.0400. The second kappa shape index (κ2) is 13.0. The lowest BCUT2D eigenvalue weighted by Crippen LogP contribution is -2.10. The summed E-state index contributed by atoms with van der Waals surface area (Å²) in [6, 6.07) is 0. The van der Waals surface area contributed by atoms with E-state index in [-0.39, 0.29) is 0 Å². The van der Waals surface area contributed by atoms with E-state index in [9.17, 15) is 0 Å². The first-order chi connectivity index (χ1) is 7.85.